The van der Waals surface area contributed by atoms with Gasteiger partial charge in [0.05, 0.1) is 22.8 Å². The number of benzene rings is 1. The zero-order valence-electron chi connectivity index (χ0n) is 7.96. The van der Waals surface area contributed by atoms with Gasteiger partial charge in [-0.1, -0.05) is 0 Å². The summed E-state index contributed by atoms with van der Waals surface area (Å²) < 4.78 is 18.7. The first-order chi connectivity index (χ1) is 7.15. The minimum atomic E-state index is -0.413. The van der Waals surface area contributed by atoms with Crippen LogP contribution >= 0.6 is 15.9 Å². The minimum absolute atomic E-state index is 0.249. The van der Waals surface area contributed by atoms with Crippen LogP contribution in [0.3, 0.4) is 0 Å². The summed E-state index contributed by atoms with van der Waals surface area (Å²) in [6.45, 7) is 0.391. The van der Waals surface area contributed by atoms with Gasteiger partial charge in [-0.25, -0.2) is 4.39 Å². The molecule has 0 fully saturated rings. The van der Waals surface area contributed by atoms with Gasteiger partial charge in [0.2, 0.25) is 0 Å². The highest BCUT2D eigenvalue weighted by Gasteiger charge is 2.08. The van der Waals surface area contributed by atoms with Crippen LogP contribution in [0.4, 0.5) is 10.1 Å². The maximum absolute atomic E-state index is 12.8. The van der Waals surface area contributed by atoms with E-state index in [4.69, 9.17) is 15.7 Å². The maximum Gasteiger partial charge on any atom is 0.156 e. The summed E-state index contributed by atoms with van der Waals surface area (Å²) in [6, 6.07) is 4.50. The molecule has 0 aliphatic heterocycles. The Morgan fingerprint density at radius 3 is 2.87 bits per heavy atom. The Morgan fingerprint density at radius 2 is 2.27 bits per heavy atom. The molecule has 15 heavy (non-hydrogen) atoms. The third kappa shape index (κ3) is 3.40. The molecule has 5 heteroatoms. The van der Waals surface area contributed by atoms with Crippen LogP contribution in [0.25, 0.3) is 0 Å². The first-order valence-electron chi connectivity index (χ1n) is 4.39. The molecule has 0 aliphatic rings. The lowest BCUT2D eigenvalue weighted by Crippen LogP contribution is -2.01. The molecule has 0 unspecified atom stereocenters. The van der Waals surface area contributed by atoms with Crippen molar-refractivity contribution in [2.75, 3.05) is 12.3 Å². The highest BCUT2D eigenvalue weighted by Crippen LogP contribution is 2.32. The van der Waals surface area contributed by atoms with E-state index in [-0.39, 0.29) is 5.69 Å². The monoisotopic (exact) mass is 272 g/mol. The number of anilines is 1. The van der Waals surface area contributed by atoms with E-state index in [0.29, 0.717) is 29.7 Å². The van der Waals surface area contributed by atoms with E-state index < -0.39 is 5.82 Å². The Balaban J connectivity index is 2.65. The molecular weight excluding hydrogens is 263 g/mol. The third-order valence-electron chi connectivity index (χ3n) is 1.72. The number of halogens is 2. The molecule has 1 rings (SSSR count). The number of hydrogen-bond acceptors (Lipinski definition) is 3. The number of unbranched alkanes of at least 4 members (excludes halogenated alkanes) is 1. The Hall–Kier alpha value is -1.28. The third-order valence-corrected chi connectivity index (χ3v) is 2.31. The molecule has 0 aliphatic carbocycles. The SMILES string of the molecule is N#CCCCOc1c(N)cc(F)cc1Br. The fourth-order valence-corrected chi connectivity index (χ4v) is 1.62. The lowest BCUT2D eigenvalue weighted by atomic mass is 10.3. The number of nitrogens with zero attached hydrogens (tertiary/aromatic N) is 1. The minimum Gasteiger partial charge on any atom is -0.490 e. The number of rotatable bonds is 4. The fourth-order valence-electron chi connectivity index (χ4n) is 1.06. The van der Waals surface area contributed by atoms with Crippen molar-refractivity contribution in [3.8, 4) is 11.8 Å². The van der Waals surface area contributed by atoms with E-state index in [0.717, 1.165) is 0 Å². The molecule has 0 heterocycles. The van der Waals surface area contributed by atoms with Crippen molar-refractivity contribution < 1.29 is 9.13 Å². The summed E-state index contributed by atoms with van der Waals surface area (Å²) in [5, 5.41) is 8.32. The van der Waals surface area contributed by atoms with Crippen molar-refractivity contribution in [1.82, 2.24) is 0 Å². The smallest absolute Gasteiger partial charge is 0.156 e. The number of nitrogens with two attached hydrogens (primary N) is 1. The summed E-state index contributed by atoms with van der Waals surface area (Å²) in [7, 11) is 0. The van der Waals surface area contributed by atoms with E-state index in [1.807, 2.05) is 6.07 Å². The molecular formula is C10H10BrFN2O. The quantitative estimate of drug-likeness (QED) is 0.677. The predicted molar refractivity (Wildman–Crippen MR) is 58.9 cm³/mol. The first kappa shape index (κ1) is 11.8. The molecule has 0 bridgehead atoms. The topological polar surface area (TPSA) is 59.0 Å². The zero-order chi connectivity index (χ0) is 11.3. The lowest BCUT2D eigenvalue weighted by Gasteiger charge is -2.10. The van der Waals surface area contributed by atoms with Crippen LogP contribution in [-0.4, -0.2) is 6.61 Å². The Bertz CT molecular complexity index is 366. The van der Waals surface area contributed by atoms with Crippen LogP contribution in [0.1, 0.15) is 12.8 Å². The number of nitriles is 1. The van der Waals surface area contributed by atoms with Crippen LogP contribution in [0.2, 0.25) is 0 Å². The molecule has 0 atom stereocenters. The van der Waals surface area contributed by atoms with Crippen LogP contribution in [0, 0.1) is 17.1 Å². The highest BCUT2D eigenvalue weighted by atomic mass is 79.9. The first-order valence-corrected chi connectivity index (χ1v) is 5.18. The highest BCUT2D eigenvalue weighted by molar-refractivity contribution is 9.10. The summed E-state index contributed by atoms with van der Waals surface area (Å²) in [6.07, 6.45) is 1.05. The van der Waals surface area contributed by atoms with Crippen LogP contribution in [0.5, 0.6) is 5.75 Å². The van der Waals surface area contributed by atoms with Gasteiger partial charge in [0, 0.05) is 12.5 Å². The van der Waals surface area contributed by atoms with E-state index in [2.05, 4.69) is 15.9 Å². The van der Waals surface area contributed by atoms with Gasteiger partial charge in [-0.2, -0.15) is 5.26 Å². The van der Waals surface area contributed by atoms with Crippen LogP contribution in [-0.2, 0) is 0 Å². The van der Waals surface area contributed by atoms with Gasteiger partial charge in [-0.3, -0.25) is 0 Å². The molecule has 2 N–H and O–H groups in total. The summed E-state index contributed by atoms with van der Waals surface area (Å²) in [5.41, 5.74) is 5.83. The second-order valence-corrected chi connectivity index (χ2v) is 3.77. The maximum atomic E-state index is 12.8. The van der Waals surface area contributed by atoms with Crippen molar-refractivity contribution in [3.05, 3.63) is 22.4 Å². The van der Waals surface area contributed by atoms with Gasteiger partial charge in [-0.05, 0) is 28.4 Å². The Labute approximate surface area is 95.8 Å². The standard InChI is InChI=1S/C10H10BrFN2O/c11-8-5-7(12)6-9(14)10(8)15-4-2-1-3-13/h5-6H,1-2,4,14H2. The number of hydrogen-bond donors (Lipinski definition) is 1. The van der Waals surface area contributed by atoms with Crippen molar-refractivity contribution in [2.24, 2.45) is 0 Å². The van der Waals surface area contributed by atoms with E-state index in [9.17, 15) is 4.39 Å². The fraction of sp³-hybridized carbons (Fsp3) is 0.300. The molecule has 3 nitrogen and oxygen atoms in total. The zero-order valence-corrected chi connectivity index (χ0v) is 9.55. The summed E-state index contributed by atoms with van der Waals surface area (Å²) >= 11 is 3.16. The summed E-state index contributed by atoms with van der Waals surface area (Å²) in [4.78, 5) is 0. The number of nitrogen functional groups attached to an aromatic ring is 1. The van der Waals surface area contributed by atoms with E-state index in [1.54, 1.807) is 0 Å². The average Bonchev–Trinajstić information content (AvgIpc) is 2.15. The van der Waals surface area contributed by atoms with E-state index in [1.165, 1.54) is 12.1 Å². The molecule has 0 amide bonds. The molecule has 1 aromatic rings. The number of ether oxygens (including phenoxy) is 1. The second-order valence-electron chi connectivity index (χ2n) is 2.92. The van der Waals surface area contributed by atoms with Gasteiger partial charge in [-0.15, -0.1) is 0 Å². The molecule has 0 radical (unpaired) electrons. The van der Waals surface area contributed by atoms with Crippen molar-refractivity contribution in [2.45, 2.75) is 12.8 Å². The molecule has 0 aromatic heterocycles. The molecule has 1 aromatic carbocycles. The van der Waals surface area contributed by atoms with Gasteiger partial charge >= 0.3 is 0 Å². The molecule has 0 spiro atoms. The van der Waals surface area contributed by atoms with Gasteiger partial charge in [0.1, 0.15) is 5.82 Å². The average molecular weight is 273 g/mol. The summed E-state index contributed by atoms with van der Waals surface area (Å²) in [5.74, 6) is 0.0121. The molecule has 0 saturated carbocycles. The largest absolute Gasteiger partial charge is 0.490 e. The van der Waals surface area contributed by atoms with Crippen LogP contribution in [0.15, 0.2) is 16.6 Å². The van der Waals surface area contributed by atoms with Crippen molar-refractivity contribution in [3.63, 3.8) is 0 Å². The molecule has 0 saturated heterocycles. The van der Waals surface area contributed by atoms with Crippen LogP contribution < -0.4 is 10.5 Å². The molecule has 80 valence electrons. The normalized spacial score (nSPS) is 9.67. The van der Waals surface area contributed by atoms with Gasteiger partial charge < -0.3 is 10.5 Å². The van der Waals surface area contributed by atoms with Crippen molar-refractivity contribution in [1.29, 1.82) is 5.26 Å². The lowest BCUT2D eigenvalue weighted by molar-refractivity contribution is 0.312. The Kier molecular flexibility index (Phi) is 4.37. The second kappa shape index (κ2) is 5.56. The predicted octanol–water partition coefficient (Wildman–Crippen LogP) is 2.85. The van der Waals surface area contributed by atoms with Crippen molar-refractivity contribution >= 4 is 21.6 Å². The van der Waals surface area contributed by atoms with Gasteiger partial charge in [0.15, 0.2) is 5.75 Å². The van der Waals surface area contributed by atoms with Gasteiger partial charge in [0.25, 0.3) is 0 Å². The van der Waals surface area contributed by atoms with E-state index >= 15 is 0 Å². The Morgan fingerprint density at radius 1 is 1.53 bits per heavy atom.